The van der Waals surface area contributed by atoms with Crippen molar-refractivity contribution in [2.45, 2.75) is 13.8 Å². The summed E-state index contributed by atoms with van der Waals surface area (Å²) >= 11 is 3.37. The molecule has 0 fully saturated rings. The van der Waals surface area contributed by atoms with Crippen LogP contribution in [0.25, 0.3) is 21.7 Å². The Kier molecular flexibility index (Phi) is 4.32. The second kappa shape index (κ2) is 6.67. The van der Waals surface area contributed by atoms with Gasteiger partial charge in [-0.3, -0.25) is 4.79 Å². The number of benzene rings is 3. The van der Waals surface area contributed by atoms with Gasteiger partial charge in [0, 0.05) is 20.6 Å². The van der Waals surface area contributed by atoms with Crippen LogP contribution in [0.4, 0.5) is 0 Å². The summed E-state index contributed by atoms with van der Waals surface area (Å²) in [7, 11) is 0. The lowest BCUT2D eigenvalue weighted by atomic mass is 10.0. The molecule has 0 saturated heterocycles. The van der Waals surface area contributed by atoms with Crippen molar-refractivity contribution in [1.29, 1.82) is 0 Å². The lowest BCUT2D eigenvalue weighted by Gasteiger charge is -2.10. The molecule has 0 radical (unpaired) electrons. The highest BCUT2D eigenvalue weighted by atomic mass is 79.9. The predicted octanol–water partition coefficient (Wildman–Crippen LogP) is 6.08. The number of rotatable bonds is 3. The van der Waals surface area contributed by atoms with Crippen LogP contribution < -0.4 is 4.74 Å². The van der Waals surface area contributed by atoms with Crippen molar-refractivity contribution in [3.63, 3.8) is 0 Å². The monoisotopic (exact) mass is 422 g/mol. The van der Waals surface area contributed by atoms with Crippen LogP contribution in [0, 0.1) is 6.92 Å². The van der Waals surface area contributed by atoms with Crippen molar-refractivity contribution >= 4 is 49.4 Å². The zero-order valence-corrected chi connectivity index (χ0v) is 16.3. The molecule has 5 heteroatoms. The molecular weight excluding hydrogens is 408 g/mol. The third kappa shape index (κ3) is 2.94. The second-order valence-electron chi connectivity index (χ2n) is 6.26. The van der Waals surface area contributed by atoms with Gasteiger partial charge in [0.1, 0.15) is 17.1 Å². The number of esters is 1. The van der Waals surface area contributed by atoms with Gasteiger partial charge in [-0.05, 0) is 48.0 Å². The van der Waals surface area contributed by atoms with Gasteiger partial charge in [-0.2, -0.15) is 0 Å². The van der Waals surface area contributed by atoms with Gasteiger partial charge < -0.3 is 9.15 Å². The fourth-order valence-electron chi connectivity index (χ4n) is 3.31. The topological polar surface area (TPSA) is 56.5 Å². The van der Waals surface area contributed by atoms with Gasteiger partial charge >= 0.3 is 5.97 Å². The second-order valence-corrected chi connectivity index (χ2v) is 7.11. The van der Waals surface area contributed by atoms with Crippen LogP contribution in [0.1, 0.15) is 33.4 Å². The van der Waals surface area contributed by atoms with Crippen LogP contribution in [0.15, 0.2) is 63.5 Å². The van der Waals surface area contributed by atoms with Crippen LogP contribution in [-0.4, -0.2) is 11.8 Å². The number of hydrogen-bond donors (Lipinski definition) is 0. The zero-order valence-electron chi connectivity index (χ0n) is 14.7. The minimum atomic E-state index is -0.475. The summed E-state index contributed by atoms with van der Waals surface area (Å²) in [6, 6.07) is 16.3. The molecule has 3 aromatic carbocycles. The Balaban J connectivity index is 1.94. The third-order valence-corrected chi connectivity index (χ3v) is 5.17. The number of aryl methyl sites for hydroxylation is 1. The van der Waals surface area contributed by atoms with Crippen LogP contribution in [0.3, 0.4) is 0 Å². The lowest BCUT2D eigenvalue weighted by Crippen LogP contribution is -2.09. The van der Waals surface area contributed by atoms with Gasteiger partial charge in [0.25, 0.3) is 0 Å². The molecule has 0 spiro atoms. The van der Waals surface area contributed by atoms with Crippen molar-refractivity contribution in [3.05, 3.63) is 76.0 Å². The standard InChI is InChI=1S/C22H15BrO4/c1-12(24)20-13(2)26-21-15-8-4-3-7-14(15)19(11-17(20)21)27-22(25)16-9-5-6-10-18(16)23/h3-11H,1-2H3. The van der Waals surface area contributed by atoms with Gasteiger partial charge in [-0.1, -0.05) is 36.4 Å². The molecule has 4 aromatic rings. The van der Waals surface area contributed by atoms with E-state index < -0.39 is 5.97 Å². The Morgan fingerprint density at radius 2 is 1.63 bits per heavy atom. The molecule has 0 unspecified atom stereocenters. The molecule has 134 valence electrons. The van der Waals surface area contributed by atoms with Crippen LogP contribution in [-0.2, 0) is 0 Å². The Morgan fingerprint density at radius 3 is 2.33 bits per heavy atom. The average Bonchev–Trinajstić information content (AvgIpc) is 2.98. The molecule has 0 amide bonds. The number of carbonyl (C=O) groups excluding carboxylic acids is 2. The molecular formula is C22H15BrO4. The summed E-state index contributed by atoms with van der Waals surface area (Å²) in [6.45, 7) is 3.26. The van der Waals surface area contributed by atoms with Crippen LogP contribution in [0.2, 0.25) is 0 Å². The molecule has 27 heavy (non-hydrogen) atoms. The normalized spacial score (nSPS) is 11.1. The maximum atomic E-state index is 12.7. The summed E-state index contributed by atoms with van der Waals surface area (Å²) in [5.41, 5.74) is 1.56. The number of Topliss-reactive ketones (excluding diaryl/α,β-unsaturated/α-hetero) is 1. The molecule has 0 atom stereocenters. The van der Waals surface area contributed by atoms with Crippen molar-refractivity contribution in [1.82, 2.24) is 0 Å². The smallest absolute Gasteiger partial charge is 0.344 e. The van der Waals surface area contributed by atoms with E-state index in [0.717, 1.165) is 10.8 Å². The molecule has 0 saturated carbocycles. The van der Waals surface area contributed by atoms with Crippen molar-refractivity contribution < 1.29 is 18.7 Å². The predicted molar refractivity (Wildman–Crippen MR) is 108 cm³/mol. The average molecular weight is 423 g/mol. The molecule has 4 nitrogen and oxygen atoms in total. The van der Waals surface area contributed by atoms with E-state index in [0.29, 0.717) is 38.1 Å². The first kappa shape index (κ1) is 17.5. The number of furan rings is 1. The van der Waals surface area contributed by atoms with E-state index in [1.54, 1.807) is 31.2 Å². The van der Waals surface area contributed by atoms with E-state index in [-0.39, 0.29) is 5.78 Å². The summed E-state index contributed by atoms with van der Waals surface area (Å²) < 4.78 is 12.2. The number of hydrogen-bond acceptors (Lipinski definition) is 4. The summed E-state index contributed by atoms with van der Waals surface area (Å²) in [4.78, 5) is 24.8. The highest BCUT2D eigenvalue weighted by molar-refractivity contribution is 9.10. The molecule has 0 N–H and O–H groups in total. The van der Waals surface area contributed by atoms with Crippen molar-refractivity contribution in [3.8, 4) is 5.75 Å². The quantitative estimate of drug-likeness (QED) is 0.228. The summed E-state index contributed by atoms with van der Waals surface area (Å²) in [5.74, 6) is 0.375. The molecule has 0 aliphatic carbocycles. The molecule has 1 heterocycles. The van der Waals surface area contributed by atoms with E-state index in [1.165, 1.54) is 6.92 Å². The summed E-state index contributed by atoms with van der Waals surface area (Å²) in [5, 5.41) is 2.18. The number of carbonyl (C=O) groups is 2. The molecule has 0 aliphatic rings. The first-order chi connectivity index (χ1) is 13.0. The Hall–Kier alpha value is -2.92. The SMILES string of the molecule is CC(=O)c1c(C)oc2c1cc(OC(=O)c1ccccc1Br)c1ccccc12. The Bertz CT molecular complexity index is 1220. The van der Waals surface area contributed by atoms with E-state index in [1.807, 2.05) is 30.3 Å². The van der Waals surface area contributed by atoms with Gasteiger partial charge in [0.05, 0.1) is 11.1 Å². The third-order valence-electron chi connectivity index (χ3n) is 4.48. The molecule has 0 bridgehead atoms. The fourth-order valence-corrected chi connectivity index (χ4v) is 3.76. The van der Waals surface area contributed by atoms with E-state index in [2.05, 4.69) is 15.9 Å². The van der Waals surface area contributed by atoms with Crippen molar-refractivity contribution in [2.75, 3.05) is 0 Å². The maximum Gasteiger partial charge on any atom is 0.344 e. The molecule has 0 aliphatic heterocycles. The number of halogens is 1. The fraction of sp³-hybridized carbons (Fsp3) is 0.0909. The largest absolute Gasteiger partial charge is 0.460 e. The highest BCUT2D eigenvalue weighted by Gasteiger charge is 2.21. The minimum absolute atomic E-state index is 0.0930. The Labute approximate surface area is 163 Å². The van der Waals surface area contributed by atoms with Crippen molar-refractivity contribution in [2.24, 2.45) is 0 Å². The van der Waals surface area contributed by atoms with Crippen LogP contribution >= 0.6 is 15.9 Å². The van der Waals surface area contributed by atoms with Gasteiger partial charge in [-0.15, -0.1) is 0 Å². The first-order valence-corrected chi connectivity index (χ1v) is 9.19. The summed E-state index contributed by atoms with van der Waals surface area (Å²) in [6.07, 6.45) is 0. The molecule has 4 rings (SSSR count). The first-order valence-electron chi connectivity index (χ1n) is 8.40. The van der Waals surface area contributed by atoms with Crippen LogP contribution in [0.5, 0.6) is 5.75 Å². The van der Waals surface area contributed by atoms with Gasteiger partial charge in [0.15, 0.2) is 5.78 Å². The number of ether oxygens (including phenoxy) is 1. The maximum absolute atomic E-state index is 12.7. The molecule has 1 aromatic heterocycles. The zero-order chi connectivity index (χ0) is 19.1. The van der Waals surface area contributed by atoms with E-state index in [4.69, 9.17) is 9.15 Å². The van der Waals surface area contributed by atoms with E-state index in [9.17, 15) is 9.59 Å². The number of fused-ring (bicyclic) bond motifs is 3. The highest BCUT2D eigenvalue weighted by Crippen LogP contribution is 2.38. The number of ketones is 1. The van der Waals surface area contributed by atoms with Gasteiger partial charge in [0.2, 0.25) is 0 Å². The lowest BCUT2D eigenvalue weighted by molar-refractivity contribution is 0.0736. The van der Waals surface area contributed by atoms with E-state index >= 15 is 0 Å². The Morgan fingerprint density at radius 1 is 0.963 bits per heavy atom. The van der Waals surface area contributed by atoms with Gasteiger partial charge in [-0.25, -0.2) is 4.79 Å². The minimum Gasteiger partial charge on any atom is -0.460 e.